The largest absolute Gasteiger partial charge is 0.496 e. The van der Waals surface area contributed by atoms with Crippen LogP contribution in [0.4, 0.5) is 4.39 Å². The predicted molar refractivity (Wildman–Crippen MR) is 81.8 cm³/mol. The van der Waals surface area contributed by atoms with Crippen LogP contribution in [0.2, 0.25) is 0 Å². The summed E-state index contributed by atoms with van der Waals surface area (Å²) in [7, 11) is 2.95. The first kappa shape index (κ1) is 15.5. The molecular weight excluding hydrogens is 339 g/mol. The topological polar surface area (TPSA) is 35.5 Å². The van der Waals surface area contributed by atoms with Crippen molar-refractivity contribution >= 4 is 21.7 Å². The highest BCUT2D eigenvalue weighted by atomic mass is 79.9. The van der Waals surface area contributed by atoms with Gasteiger partial charge < -0.3 is 9.47 Å². The van der Waals surface area contributed by atoms with Gasteiger partial charge in [-0.1, -0.05) is 6.07 Å². The number of halogens is 2. The Balaban J connectivity index is 2.56. The number of ether oxygens (including phenoxy) is 2. The quantitative estimate of drug-likeness (QED) is 0.775. The van der Waals surface area contributed by atoms with E-state index in [1.54, 1.807) is 19.1 Å². The number of aryl methyl sites for hydroxylation is 1. The Bertz CT molecular complexity index is 698. The number of benzene rings is 2. The van der Waals surface area contributed by atoms with Crippen LogP contribution in [-0.2, 0) is 0 Å². The van der Waals surface area contributed by atoms with E-state index >= 15 is 0 Å². The third-order valence-corrected chi connectivity index (χ3v) is 3.71. The molecule has 0 N–H and O–H groups in total. The molecule has 0 fully saturated rings. The molecule has 0 saturated heterocycles. The van der Waals surface area contributed by atoms with Gasteiger partial charge in [-0.25, -0.2) is 4.39 Å². The summed E-state index contributed by atoms with van der Waals surface area (Å²) in [6.07, 6.45) is 0. The van der Waals surface area contributed by atoms with E-state index in [0.717, 1.165) is 5.56 Å². The van der Waals surface area contributed by atoms with Gasteiger partial charge in [0.25, 0.3) is 0 Å². The Hall–Kier alpha value is -1.88. The van der Waals surface area contributed by atoms with Crippen molar-refractivity contribution < 1.29 is 18.7 Å². The minimum absolute atomic E-state index is 0.00303. The smallest absolute Gasteiger partial charge is 0.199 e. The van der Waals surface area contributed by atoms with Crippen molar-refractivity contribution in [2.45, 2.75) is 6.92 Å². The van der Waals surface area contributed by atoms with Crippen molar-refractivity contribution in [2.24, 2.45) is 0 Å². The number of methoxy groups -OCH3 is 2. The zero-order chi connectivity index (χ0) is 15.6. The zero-order valence-corrected chi connectivity index (χ0v) is 13.5. The van der Waals surface area contributed by atoms with Crippen LogP contribution >= 0.6 is 15.9 Å². The predicted octanol–water partition coefficient (Wildman–Crippen LogP) is 4.14. The van der Waals surface area contributed by atoms with Crippen LogP contribution in [0.15, 0.2) is 34.8 Å². The standard InChI is InChI=1S/C16H14BrFO3/c1-9-4-5-10(13(18)6-9)16(19)11-7-15(21-3)12(17)8-14(11)20-2/h4-8H,1-3H3. The summed E-state index contributed by atoms with van der Waals surface area (Å²) in [4.78, 5) is 12.5. The van der Waals surface area contributed by atoms with Crippen molar-refractivity contribution in [1.82, 2.24) is 0 Å². The molecule has 0 aliphatic rings. The molecule has 0 radical (unpaired) electrons. The first-order valence-electron chi connectivity index (χ1n) is 6.20. The SMILES string of the molecule is COc1cc(C(=O)c2ccc(C)cc2F)c(OC)cc1Br. The minimum atomic E-state index is -0.552. The summed E-state index contributed by atoms with van der Waals surface area (Å²) in [5, 5.41) is 0. The van der Waals surface area contributed by atoms with E-state index in [1.807, 2.05) is 0 Å². The van der Waals surface area contributed by atoms with Gasteiger partial charge in [0.15, 0.2) is 5.78 Å². The molecule has 0 saturated carbocycles. The van der Waals surface area contributed by atoms with Crippen molar-refractivity contribution in [2.75, 3.05) is 14.2 Å². The molecule has 0 aliphatic carbocycles. The molecule has 0 unspecified atom stereocenters. The lowest BCUT2D eigenvalue weighted by Crippen LogP contribution is -2.07. The first-order chi connectivity index (χ1) is 9.97. The van der Waals surface area contributed by atoms with Gasteiger partial charge in [-0.2, -0.15) is 0 Å². The lowest BCUT2D eigenvalue weighted by atomic mass is 10.0. The molecule has 0 aliphatic heterocycles. The number of carbonyl (C=O) groups is 1. The Morgan fingerprint density at radius 2 is 1.71 bits per heavy atom. The highest BCUT2D eigenvalue weighted by molar-refractivity contribution is 9.10. The number of hydrogen-bond acceptors (Lipinski definition) is 3. The third kappa shape index (κ3) is 3.08. The minimum Gasteiger partial charge on any atom is -0.496 e. The van der Waals surface area contributed by atoms with Crippen molar-refractivity contribution in [1.29, 1.82) is 0 Å². The summed E-state index contributed by atoms with van der Waals surface area (Å²) >= 11 is 3.32. The molecule has 0 bridgehead atoms. The Labute approximate surface area is 130 Å². The summed E-state index contributed by atoms with van der Waals surface area (Å²) in [6, 6.07) is 7.65. The molecule has 0 atom stereocenters. The molecule has 0 spiro atoms. The molecule has 2 rings (SSSR count). The van der Waals surface area contributed by atoms with Crippen LogP contribution < -0.4 is 9.47 Å². The van der Waals surface area contributed by atoms with Crippen molar-refractivity contribution in [3.8, 4) is 11.5 Å². The normalized spacial score (nSPS) is 10.3. The molecule has 3 nitrogen and oxygen atoms in total. The fourth-order valence-electron chi connectivity index (χ4n) is 1.99. The highest BCUT2D eigenvalue weighted by Gasteiger charge is 2.20. The van der Waals surface area contributed by atoms with Gasteiger partial charge in [-0.15, -0.1) is 0 Å². The second-order valence-corrected chi connectivity index (χ2v) is 5.35. The van der Waals surface area contributed by atoms with E-state index in [1.165, 1.54) is 32.4 Å². The second kappa shape index (κ2) is 6.26. The van der Waals surface area contributed by atoms with Crippen LogP contribution in [0.25, 0.3) is 0 Å². The molecule has 5 heteroatoms. The zero-order valence-electron chi connectivity index (χ0n) is 11.9. The molecule has 0 heterocycles. The first-order valence-corrected chi connectivity index (χ1v) is 6.99. The van der Waals surface area contributed by atoms with E-state index in [0.29, 0.717) is 16.0 Å². The van der Waals surface area contributed by atoms with Crippen LogP contribution in [0, 0.1) is 12.7 Å². The Kier molecular flexibility index (Phi) is 4.63. The molecule has 21 heavy (non-hydrogen) atoms. The van der Waals surface area contributed by atoms with Crippen molar-refractivity contribution in [3.63, 3.8) is 0 Å². The van der Waals surface area contributed by atoms with Gasteiger partial charge in [-0.05, 0) is 52.7 Å². The van der Waals surface area contributed by atoms with E-state index in [4.69, 9.17) is 9.47 Å². The molecular formula is C16H14BrFO3. The average Bonchev–Trinajstić information content (AvgIpc) is 2.46. The summed E-state index contributed by atoms with van der Waals surface area (Å²) in [6.45, 7) is 1.76. The number of rotatable bonds is 4. The summed E-state index contributed by atoms with van der Waals surface area (Å²) < 4.78 is 25.0. The molecule has 0 amide bonds. The van der Waals surface area contributed by atoms with Crippen LogP contribution in [0.3, 0.4) is 0 Å². The molecule has 2 aromatic rings. The van der Waals surface area contributed by atoms with Crippen molar-refractivity contribution in [3.05, 3.63) is 57.3 Å². The van der Waals surface area contributed by atoms with Gasteiger partial charge >= 0.3 is 0 Å². The van der Waals surface area contributed by atoms with E-state index in [2.05, 4.69) is 15.9 Å². The van der Waals surface area contributed by atoms with Gasteiger partial charge in [-0.3, -0.25) is 4.79 Å². The highest BCUT2D eigenvalue weighted by Crippen LogP contribution is 2.34. The van der Waals surface area contributed by atoms with Crippen LogP contribution in [-0.4, -0.2) is 20.0 Å². The van der Waals surface area contributed by atoms with E-state index in [9.17, 15) is 9.18 Å². The maximum atomic E-state index is 14.0. The monoisotopic (exact) mass is 352 g/mol. The lowest BCUT2D eigenvalue weighted by molar-refractivity contribution is 0.103. The maximum Gasteiger partial charge on any atom is 0.199 e. The fraction of sp³-hybridized carbons (Fsp3) is 0.188. The molecule has 0 aromatic heterocycles. The number of carbonyl (C=O) groups excluding carboxylic acids is 1. The van der Waals surface area contributed by atoms with E-state index < -0.39 is 11.6 Å². The van der Waals surface area contributed by atoms with Crippen LogP contribution in [0.1, 0.15) is 21.5 Å². The summed E-state index contributed by atoms with van der Waals surface area (Å²) in [5.74, 6) is -0.168. The van der Waals surface area contributed by atoms with Gasteiger partial charge in [0, 0.05) is 0 Å². The number of hydrogen-bond donors (Lipinski definition) is 0. The maximum absolute atomic E-state index is 14.0. The second-order valence-electron chi connectivity index (χ2n) is 4.50. The molecule has 110 valence electrons. The van der Waals surface area contributed by atoms with Gasteiger partial charge in [0.2, 0.25) is 0 Å². The van der Waals surface area contributed by atoms with E-state index in [-0.39, 0.29) is 11.1 Å². The third-order valence-electron chi connectivity index (χ3n) is 3.09. The fourth-order valence-corrected chi connectivity index (χ4v) is 2.47. The Morgan fingerprint density at radius 3 is 2.29 bits per heavy atom. The van der Waals surface area contributed by atoms with Crippen LogP contribution in [0.5, 0.6) is 11.5 Å². The van der Waals surface area contributed by atoms with Gasteiger partial charge in [0.05, 0.1) is 29.8 Å². The lowest BCUT2D eigenvalue weighted by Gasteiger charge is -2.12. The Morgan fingerprint density at radius 1 is 1.05 bits per heavy atom. The number of ketones is 1. The molecule has 2 aromatic carbocycles. The van der Waals surface area contributed by atoms with Gasteiger partial charge in [0.1, 0.15) is 17.3 Å². The summed E-state index contributed by atoms with van der Waals surface area (Å²) in [5.41, 5.74) is 1.01. The average molecular weight is 353 g/mol.